The first-order valence-corrected chi connectivity index (χ1v) is 4.49. The predicted octanol–water partition coefficient (Wildman–Crippen LogP) is 1.26. The molecule has 0 radical (unpaired) electrons. The van der Waals surface area contributed by atoms with E-state index in [-0.39, 0.29) is 6.29 Å². The Labute approximate surface area is 84.3 Å². The van der Waals surface area contributed by atoms with Gasteiger partial charge in [-0.1, -0.05) is 28.1 Å². The molecular weight excluding hydrogens is 234 g/mol. The molecule has 1 amide bonds. The number of hydrogen-bond donors (Lipinski definition) is 1. The number of hydrogen-bond acceptors (Lipinski definition) is 2. The highest BCUT2D eigenvalue weighted by atomic mass is 79.9. The molecule has 0 saturated carbocycles. The minimum Gasteiger partial charge on any atom is -0.346 e. The molecule has 0 atom stereocenters. The molecule has 13 heavy (non-hydrogen) atoms. The molecule has 0 spiro atoms. The van der Waals surface area contributed by atoms with Crippen LogP contribution >= 0.6 is 15.9 Å². The van der Waals surface area contributed by atoms with E-state index in [0.29, 0.717) is 6.54 Å². The summed E-state index contributed by atoms with van der Waals surface area (Å²) in [6, 6.07) is 7.51. The molecule has 0 fully saturated rings. The summed E-state index contributed by atoms with van der Waals surface area (Å²) >= 11 is 3.30. The lowest BCUT2D eigenvalue weighted by Gasteiger charge is -2.01. The molecule has 1 rings (SSSR count). The molecule has 0 unspecified atom stereocenters. The second-order valence-corrected chi connectivity index (χ2v) is 3.38. The fourth-order valence-corrected chi connectivity index (χ4v) is 1.32. The molecule has 0 aliphatic heterocycles. The smallest absolute Gasteiger partial charge is 0.284 e. The fourth-order valence-electron chi connectivity index (χ4n) is 0.878. The van der Waals surface area contributed by atoms with Gasteiger partial charge in [0.1, 0.15) is 0 Å². The third-order valence-electron chi connectivity index (χ3n) is 1.46. The van der Waals surface area contributed by atoms with Gasteiger partial charge in [0.05, 0.1) is 0 Å². The van der Waals surface area contributed by atoms with Crippen molar-refractivity contribution in [2.45, 2.75) is 6.54 Å². The van der Waals surface area contributed by atoms with Gasteiger partial charge < -0.3 is 5.32 Å². The summed E-state index contributed by atoms with van der Waals surface area (Å²) in [5.74, 6) is -0.597. The molecule has 0 heterocycles. The largest absolute Gasteiger partial charge is 0.346 e. The van der Waals surface area contributed by atoms with Gasteiger partial charge in [-0.3, -0.25) is 9.59 Å². The summed E-state index contributed by atoms with van der Waals surface area (Å²) in [7, 11) is 0. The predicted molar refractivity (Wildman–Crippen MR) is 52.1 cm³/mol. The third kappa shape index (κ3) is 3.38. The highest BCUT2D eigenvalue weighted by Crippen LogP contribution is 2.10. The van der Waals surface area contributed by atoms with Crippen LogP contribution in [0.2, 0.25) is 0 Å². The van der Waals surface area contributed by atoms with E-state index in [1.54, 1.807) is 0 Å². The van der Waals surface area contributed by atoms with E-state index in [4.69, 9.17) is 0 Å². The summed E-state index contributed by atoms with van der Waals surface area (Å²) < 4.78 is 0.949. The Kier molecular flexibility index (Phi) is 3.64. The minimum atomic E-state index is -0.597. The Morgan fingerprint density at radius 3 is 2.92 bits per heavy atom. The van der Waals surface area contributed by atoms with Crippen molar-refractivity contribution >= 4 is 28.1 Å². The molecule has 1 N–H and O–H groups in total. The van der Waals surface area contributed by atoms with Gasteiger partial charge in [0.15, 0.2) is 0 Å². The van der Waals surface area contributed by atoms with Crippen LogP contribution in [0.1, 0.15) is 5.56 Å². The SMILES string of the molecule is O=CC(=O)NCc1cccc(Br)c1. The number of aldehydes is 1. The normalized spacial score (nSPS) is 9.31. The van der Waals surface area contributed by atoms with Crippen molar-refractivity contribution in [3.8, 4) is 0 Å². The maximum absolute atomic E-state index is 10.6. The van der Waals surface area contributed by atoms with Crippen molar-refractivity contribution in [1.82, 2.24) is 5.32 Å². The fraction of sp³-hybridized carbons (Fsp3) is 0.111. The molecule has 0 bridgehead atoms. The summed E-state index contributed by atoms with van der Waals surface area (Å²) in [5, 5.41) is 2.45. The minimum absolute atomic E-state index is 0.262. The average molecular weight is 242 g/mol. The van der Waals surface area contributed by atoms with Crippen LogP contribution in [0.3, 0.4) is 0 Å². The van der Waals surface area contributed by atoms with Crippen LogP contribution in [0, 0.1) is 0 Å². The van der Waals surface area contributed by atoms with Crippen molar-refractivity contribution in [3.05, 3.63) is 34.3 Å². The molecule has 3 nitrogen and oxygen atoms in total. The molecule has 0 aromatic heterocycles. The standard InChI is InChI=1S/C9H8BrNO2/c10-8-3-1-2-7(4-8)5-11-9(13)6-12/h1-4,6H,5H2,(H,11,13). The monoisotopic (exact) mass is 241 g/mol. The number of amides is 1. The second-order valence-electron chi connectivity index (χ2n) is 2.47. The Bertz CT molecular complexity index is 325. The van der Waals surface area contributed by atoms with Gasteiger partial charge in [-0.15, -0.1) is 0 Å². The van der Waals surface area contributed by atoms with Crippen LogP contribution < -0.4 is 5.32 Å². The maximum Gasteiger partial charge on any atom is 0.284 e. The second kappa shape index (κ2) is 4.77. The zero-order valence-electron chi connectivity index (χ0n) is 6.79. The Morgan fingerprint density at radius 1 is 1.54 bits per heavy atom. The topological polar surface area (TPSA) is 46.2 Å². The van der Waals surface area contributed by atoms with E-state index in [2.05, 4.69) is 21.2 Å². The average Bonchev–Trinajstić information content (AvgIpc) is 2.14. The van der Waals surface area contributed by atoms with E-state index in [0.717, 1.165) is 10.0 Å². The number of carbonyl (C=O) groups excluding carboxylic acids is 2. The molecule has 1 aromatic rings. The van der Waals surface area contributed by atoms with E-state index in [1.165, 1.54) is 0 Å². The first-order valence-electron chi connectivity index (χ1n) is 3.70. The van der Waals surface area contributed by atoms with E-state index < -0.39 is 5.91 Å². The first-order chi connectivity index (χ1) is 6.22. The van der Waals surface area contributed by atoms with Gasteiger partial charge in [0.25, 0.3) is 5.91 Å². The number of halogens is 1. The van der Waals surface area contributed by atoms with E-state index in [9.17, 15) is 9.59 Å². The van der Waals surface area contributed by atoms with Crippen molar-refractivity contribution in [2.24, 2.45) is 0 Å². The lowest BCUT2D eigenvalue weighted by Crippen LogP contribution is -2.23. The van der Waals surface area contributed by atoms with Crippen molar-refractivity contribution in [1.29, 1.82) is 0 Å². The van der Waals surface area contributed by atoms with Crippen molar-refractivity contribution in [3.63, 3.8) is 0 Å². The summed E-state index contributed by atoms with van der Waals surface area (Å²) in [6.07, 6.45) is 0.262. The zero-order chi connectivity index (χ0) is 9.68. The summed E-state index contributed by atoms with van der Waals surface area (Å²) in [4.78, 5) is 20.6. The number of benzene rings is 1. The van der Waals surface area contributed by atoms with Gasteiger partial charge in [-0.2, -0.15) is 0 Å². The molecule has 1 aromatic carbocycles. The lowest BCUT2D eigenvalue weighted by atomic mass is 10.2. The highest BCUT2D eigenvalue weighted by Gasteiger charge is 1.97. The van der Waals surface area contributed by atoms with Crippen LogP contribution in [0.15, 0.2) is 28.7 Å². The zero-order valence-corrected chi connectivity index (χ0v) is 8.37. The molecule has 4 heteroatoms. The van der Waals surface area contributed by atoms with Crippen LogP contribution in [-0.2, 0) is 16.1 Å². The summed E-state index contributed by atoms with van der Waals surface area (Å²) in [6.45, 7) is 0.372. The molecule has 0 aliphatic rings. The maximum atomic E-state index is 10.6. The Morgan fingerprint density at radius 2 is 2.31 bits per heavy atom. The Balaban J connectivity index is 2.54. The third-order valence-corrected chi connectivity index (χ3v) is 1.96. The molecule has 0 saturated heterocycles. The number of carbonyl (C=O) groups is 2. The van der Waals surface area contributed by atoms with E-state index in [1.807, 2.05) is 24.3 Å². The van der Waals surface area contributed by atoms with Gasteiger partial charge in [0.2, 0.25) is 6.29 Å². The highest BCUT2D eigenvalue weighted by molar-refractivity contribution is 9.10. The van der Waals surface area contributed by atoms with E-state index >= 15 is 0 Å². The summed E-state index contributed by atoms with van der Waals surface area (Å²) in [5.41, 5.74) is 0.949. The van der Waals surface area contributed by atoms with Gasteiger partial charge >= 0.3 is 0 Å². The van der Waals surface area contributed by atoms with Gasteiger partial charge in [-0.05, 0) is 17.7 Å². The quantitative estimate of drug-likeness (QED) is 0.640. The van der Waals surface area contributed by atoms with Crippen LogP contribution in [0.4, 0.5) is 0 Å². The lowest BCUT2D eigenvalue weighted by molar-refractivity contribution is -0.131. The van der Waals surface area contributed by atoms with Gasteiger partial charge in [-0.25, -0.2) is 0 Å². The van der Waals surface area contributed by atoms with Crippen LogP contribution in [0.25, 0.3) is 0 Å². The number of nitrogens with one attached hydrogen (secondary N) is 1. The first kappa shape index (κ1) is 9.92. The van der Waals surface area contributed by atoms with Crippen molar-refractivity contribution in [2.75, 3.05) is 0 Å². The van der Waals surface area contributed by atoms with Gasteiger partial charge in [0, 0.05) is 11.0 Å². The molecule has 68 valence electrons. The number of rotatable bonds is 3. The van der Waals surface area contributed by atoms with Crippen molar-refractivity contribution < 1.29 is 9.59 Å². The van der Waals surface area contributed by atoms with Crippen LogP contribution in [0.5, 0.6) is 0 Å². The Hall–Kier alpha value is -1.16. The molecular formula is C9H8BrNO2. The molecule has 0 aliphatic carbocycles. The van der Waals surface area contributed by atoms with Crippen LogP contribution in [-0.4, -0.2) is 12.2 Å².